The van der Waals surface area contributed by atoms with Crippen LogP contribution in [0.1, 0.15) is 25.3 Å². The fraction of sp³-hybridized carbons (Fsp3) is 0.538. The third-order valence-electron chi connectivity index (χ3n) is 3.76. The van der Waals surface area contributed by atoms with Crippen molar-refractivity contribution in [2.24, 2.45) is 0 Å². The van der Waals surface area contributed by atoms with E-state index >= 15 is 0 Å². The van der Waals surface area contributed by atoms with Gasteiger partial charge in [0.2, 0.25) is 5.95 Å². The molecule has 0 amide bonds. The van der Waals surface area contributed by atoms with Gasteiger partial charge in [-0.05, 0) is 13.8 Å². The zero-order valence-corrected chi connectivity index (χ0v) is 13.2. The quantitative estimate of drug-likeness (QED) is 0.882. The monoisotopic (exact) mass is 324 g/mol. The van der Waals surface area contributed by atoms with E-state index in [0.717, 1.165) is 11.3 Å². The SMILES string of the molecule is COC(C)[C@@H]1CC(=O)[C@H](n2c(=O)sc3c(C)nc(N)nc32)O1. The van der Waals surface area contributed by atoms with Crippen molar-refractivity contribution < 1.29 is 14.3 Å². The number of carbonyl (C=O) groups excluding carboxylic acids is 1. The number of fused-ring (bicyclic) bond motifs is 1. The minimum absolute atomic E-state index is 0.0591. The van der Waals surface area contributed by atoms with Gasteiger partial charge in [0.25, 0.3) is 0 Å². The average Bonchev–Trinajstić information content (AvgIpc) is 2.98. The Morgan fingerprint density at radius 1 is 1.45 bits per heavy atom. The number of aromatic nitrogens is 3. The molecule has 0 saturated carbocycles. The summed E-state index contributed by atoms with van der Waals surface area (Å²) in [5.41, 5.74) is 6.60. The van der Waals surface area contributed by atoms with E-state index in [9.17, 15) is 9.59 Å². The number of carbonyl (C=O) groups is 1. The fourth-order valence-corrected chi connectivity index (χ4v) is 3.39. The van der Waals surface area contributed by atoms with Crippen molar-refractivity contribution in [3.05, 3.63) is 15.4 Å². The number of Topliss-reactive ketones (excluding diaryl/α,β-unsaturated/α-hetero) is 1. The summed E-state index contributed by atoms with van der Waals surface area (Å²) in [6, 6.07) is 0. The molecule has 1 fully saturated rings. The zero-order valence-electron chi connectivity index (χ0n) is 12.4. The number of nitrogen functional groups attached to an aromatic ring is 1. The molecule has 3 rings (SSSR count). The third-order valence-corrected chi connectivity index (χ3v) is 4.81. The van der Waals surface area contributed by atoms with Crippen LogP contribution in [-0.4, -0.2) is 39.6 Å². The fourth-order valence-electron chi connectivity index (χ4n) is 2.50. The van der Waals surface area contributed by atoms with Crippen LogP contribution in [0.15, 0.2) is 4.79 Å². The molecule has 0 spiro atoms. The second-order valence-electron chi connectivity index (χ2n) is 5.20. The minimum Gasteiger partial charge on any atom is -0.379 e. The Balaban J connectivity index is 2.09. The van der Waals surface area contributed by atoms with E-state index in [0.29, 0.717) is 16.0 Å². The zero-order chi connectivity index (χ0) is 16.0. The highest BCUT2D eigenvalue weighted by Gasteiger charge is 2.39. The van der Waals surface area contributed by atoms with Gasteiger partial charge >= 0.3 is 4.87 Å². The van der Waals surface area contributed by atoms with Crippen LogP contribution < -0.4 is 10.6 Å². The van der Waals surface area contributed by atoms with Crippen LogP contribution in [0.25, 0.3) is 10.3 Å². The normalized spacial score (nSPS) is 23.3. The molecular weight excluding hydrogens is 308 g/mol. The highest BCUT2D eigenvalue weighted by Crippen LogP contribution is 2.30. The second kappa shape index (κ2) is 5.41. The summed E-state index contributed by atoms with van der Waals surface area (Å²) in [6.45, 7) is 3.56. The molecule has 1 saturated heterocycles. The molecule has 1 aliphatic rings. The summed E-state index contributed by atoms with van der Waals surface area (Å²) < 4.78 is 12.8. The van der Waals surface area contributed by atoms with E-state index in [-0.39, 0.29) is 35.2 Å². The van der Waals surface area contributed by atoms with Crippen LogP contribution in [0.4, 0.5) is 5.95 Å². The summed E-state index contributed by atoms with van der Waals surface area (Å²) in [6.07, 6.45) is -1.42. The van der Waals surface area contributed by atoms with E-state index in [4.69, 9.17) is 15.2 Å². The molecule has 2 aromatic heterocycles. The molecule has 2 aromatic rings. The first kappa shape index (κ1) is 15.1. The standard InChI is InChI=1S/C13H16N4O4S/c1-5-9-10(16-12(14)15-5)17(13(19)22-9)11-7(18)4-8(21-11)6(2)20-3/h6,8,11H,4H2,1-3H3,(H2,14,15,16)/t6?,8-,11+/m0/s1. The van der Waals surface area contributed by atoms with E-state index in [1.807, 2.05) is 6.92 Å². The van der Waals surface area contributed by atoms with E-state index < -0.39 is 6.23 Å². The lowest BCUT2D eigenvalue weighted by molar-refractivity contribution is -0.128. The Labute approximate surface area is 129 Å². The lowest BCUT2D eigenvalue weighted by Gasteiger charge is -2.18. The van der Waals surface area contributed by atoms with Gasteiger partial charge in [-0.2, -0.15) is 4.98 Å². The number of aryl methyl sites for hydroxylation is 1. The number of rotatable bonds is 3. The highest BCUT2D eigenvalue weighted by atomic mass is 32.1. The van der Waals surface area contributed by atoms with E-state index in [1.54, 1.807) is 14.0 Å². The number of anilines is 1. The smallest absolute Gasteiger partial charge is 0.311 e. The first-order valence-corrected chi connectivity index (χ1v) is 7.60. The highest BCUT2D eigenvalue weighted by molar-refractivity contribution is 7.16. The average molecular weight is 324 g/mol. The van der Waals surface area contributed by atoms with Gasteiger partial charge in [0.1, 0.15) is 0 Å². The van der Waals surface area contributed by atoms with Gasteiger partial charge < -0.3 is 15.2 Å². The largest absolute Gasteiger partial charge is 0.379 e. The van der Waals surface area contributed by atoms with Gasteiger partial charge in [-0.3, -0.25) is 9.59 Å². The number of ether oxygens (including phenoxy) is 2. The van der Waals surface area contributed by atoms with Crippen LogP contribution in [0, 0.1) is 6.92 Å². The summed E-state index contributed by atoms with van der Waals surface area (Å²) >= 11 is 0.982. The van der Waals surface area contributed by atoms with Crippen molar-refractivity contribution in [3.8, 4) is 0 Å². The Morgan fingerprint density at radius 3 is 2.86 bits per heavy atom. The molecule has 2 N–H and O–H groups in total. The molecule has 8 nitrogen and oxygen atoms in total. The topological polar surface area (TPSA) is 109 Å². The molecular formula is C13H16N4O4S. The molecule has 1 unspecified atom stereocenters. The van der Waals surface area contributed by atoms with Gasteiger partial charge in [0.15, 0.2) is 17.7 Å². The van der Waals surface area contributed by atoms with E-state index in [2.05, 4.69) is 9.97 Å². The number of hydrogen-bond acceptors (Lipinski definition) is 8. The Morgan fingerprint density at radius 2 is 2.18 bits per heavy atom. The molecule has 3 heterocycles. The van der Waals surface area contributed by atoms with Crippen molar-refractivity contribution in [1.29, 1.82) is 0 Å². The molecule has 0 bridgehead atoms. The van der Waals surface area contributed by atoms with Crippen molar-refractivity contribution in [1.82, 2.24) is 14.5 Å². The molecule has 0 aromatic carbocycles. The summed E-state index contributed by atoms with van der Waals surface area (Å²) in [7, 11) is 1.55. The number of hydrogen-bond donors (Lipinski definition) is 1. The van der Waals surface area contributed by atoms with Gasteiger partial charge in [0, 0.05) is 13.5 Å². The van der Waals surface area contributed by atoms with Crippen molar-refractivity contribution >= 4 is 33.4 Å². The maximum atomic E-state index is 12.3. The first-order chi connectivity index (χ1) is 10.4. The van der Waals surface area contributed by atoms with Gasteiger partial charge in [-0.15, -0.1) is 0 Å². The molecule has 1 aliphatic heterocycles. The summed E-state index contributed by atoms with van der Waals surface area (Å²) in [4.78, 5) is 32.4. The third kappa shape index (κ3) is 2.31. The van der Waals surface area contributed by atoms with Gasteiger partial charge in [-0.1, -0.05) is 11.3 Å². The van der Waals surface area contributed by atoms with Crippen LogP contribution in [-0.2, 0) is 14.3 Å². The van der Waals surface area contributed by atoms with Crippen molar-refractivity contribution in [2.45, 2.75) is 38.7 Å². The van der Waals surface area contributed by atoms with Crippen LogP contribution >= 0.6 is 11.3 Å². The van der Waals surface area contributed by atoms with Crippen molar-refractivity contribution in [3.63, 3.8) is 0 Å². The maximum Gasteiger partial charge on any atom is 0.311 e. The van der Waals surface area contributed by atoms with Crippen LogP contribution in [0.5, 0.6) is 0 Å². The first-order valence-electron chi connectivity index (χ1n) is 6.78. The van der Waals surface area contributed by atoms with Crippen molar-refractivity contribution in [2.75, 3.05) is 12.8 Å². The maximum absolute atomic E-state index is 12.3. The number of methoxy groups -OCH3 is 1. The minimum atomic E-state index is -0.988. The summed E-state index contributed by atoms with van der Waals surface area (Å²) in [5, 5.41) is 0. The van der Waals surface area contributed by atoms with Crippen LogP contribution in [0.2, 0.25) is 0 Å². The predicted molar refractivity (Wildman–Crippen MR) is 80.8 cm³/mol. The van der Waals surface area contributed by atoms with E-state index in [1.165, 1.54) is 4.57 Å². The lowest BCUT2D eigenvalue weighted by atomic mass is 10.1. The molecule has 22 heavy (non-hydrogen) atoms. The Hall–Kier alpha value is -1.84. The number of thiazole rings is 1. The number of nitrogens with two attached hydrogens (primary N) is 1. The molecule has 9 heteroatoms. The lowest BCUT2D eigenvalue weighted by Crippen LogP contribution is -2.27. The molecule has 3 atom stereocenters. The molecule has 118 valence electrons. The molecule has 0 radical (unpaired) electrons. The summed E-state index contributed by atoms with van der Waals surface area (Å²) in [5.74, 6) is -0.116. The van der Waals surface area contributed by atoms with Gasteiger partial charge in [0.05, 0.1) is 22.6 Å². The van der Waals surface area contributed by atoms with Crippen LogP contribution in [0.3, 0.4) is 0 Å². The van der Waals surface area contributed by atoms with Gasteiger partial charge in [-0.25, -0.2) is 9.55 Å². The Kier molecular flexibility index (Phi) is 3.71. The number of nitrogens with zero attached hydrogens (tertiary/aromatic N) is 3. The second-order valence-corrected chi connectivity index (χ2v) is 6.16. The Bertz CT molecular complexity index is 799. The predicted octanol–water partition coefficient (Wildman–Crippen LogP) is 0.635. The number of ketones is 1. The molecule has 0 aliphatic carbocycles.